The van der Waals surface area contributed by atoms with Gasteiger partial charge in [-0.2, -0.15) is 0 Å². The van der Waals surface area contributed by atoms with E-state index in [-0.39, 0.29) is 0 Å². The van der Waals surface area contributed by atoms with Crippen molar-refractivity contribution >= 4 is 6.09 Å². The van der Waals surface area contributed by atoms with Crippen LogP contribution in [0.3, 0.4) is 0 Å². The Labute approximate surface area is 134 Å². The van der Waals surface area contributed by atoms with Crippen LogP contribution in [-0.2, 0) is 10.2 Å². The zero-order chi connectivity index (χ0) is 17.6. The van der Waals surface area contributed by atoms with Gasteiger partial charge < -0.3 is 15.2 Å². The number of carbonyl (C=O) groups excluding carboxylic acids is 1. The molecule has 0 fully saturated rings. The molecule has 0 bridgehead atoms. The lowest BCUT2D eigenvalue weighted by molar-refractivity contribution is 0.0354. The monoisotopic (exact) mass is 327 g/mol. The Kier molecular flexibility index (Phi) is 4.41. The third-order valence-corrected chi connectivity index (χ3v) is 3.93. The van der Waals surface area contributed by atoms with Gasteiger partial charge in [-0.1, -0.05) is 13.8 Å². The van der Waals surface area contributed by atoms with Crippen LogP contribution in [-0.4, -0.2) is 22.9 Å². The van der Waals surface area contributed by atoms with E-state index in [0.717, 1.165) is 12.1 Å². The second-order valence-corrected chi connectivity index (χ2v) is 7.63. The van der Waals surface area contributed by atoms with Crippen LogP contribution in [0.15, 0.2) is 12.1 Å². The maximum absolute atomic E-state index is 13.7. The number of carbonyl (C=O) groups is 1. The summed E-state index contributed by atoms with van der Waals surface area (Å²) in [5.41, 5.74) is -0.281. The summed E-state index contributed by atoms with van der Waals surface area (Å²) in [6, 6.07) is 1.33. The van der Waals surface area contributed by atoms with E-state index in [1.165, 1.54) is 0 Å². The molecular weight excluding hydrogens is 304 g/mol. The number of amides is 1. The van der Waals surface area contributed by atoms with E-state index in [1.807, 2.05) is 13.8 Å². The topological polar surface area (TPSA) is 58.6 Å². The van der Waals surface area contributed by atoms with Crippen molar-refractivity contribution in [3.05, 3.63) is 34.9 Å². The minimum Gasteiger partial charge on any atom is -0.444 e. The van der Waals surface area contributed by atoms with Crippen molar-refractivity contribution in [2.45, 2.75) is 64.2 Å². The van der Waals surface area contributed by atoms with Crippen LogP contribution >= 0.6 is 0 Å². The van der Waals surface area contributed by atoms with Gasteiger partial charge in [0.15, 0.2) is 11.6 Å². The predicted octanol–water partition coefficient (Wildman–Crippen LogP) is 3.57. The molecule has 1 aromatic carbocycles. The molecule has 0 spiro atoms. The lowest BCUT2D eigenvalue weighted by atomic mass is 9.69. The van der Waals surface area contributed by atoms with Gasteiger partial charge in [0.25, 0.3) is 0 Å². The van der Waals surface area contributed by atoms with E-state index in [1.54, 1.807) is 20.8 Å². The third-order valence-electron chi connectivity index (χ3n) is 3.93. The first-order valence-corrected chi connectivity index (χ1v) is 7.58. The van der Waals surface area contributed by atoms with Gasteiger partial charge in [0, 0.05) is 0 Å². The quantitative estimate of drug-likeness (QED) is 0.829. The SMILES string of the molecule is CC(C)(C)OC(=O)N[C@@H]1c2cc(F)c(F)cc2C(C)(C)C[C@H]1O. The van der Waals surface area contributed by atoms with Crippen LogP contribution < -0.4 is 5.32 Å². The first-order chi connectivity index (χ1) is 10.4. The molecule has 6 heteroatoms. The molecule has 2 rings (SSSR count). The number of fused-ring (bicyclic) bond motifs is 1. The van der Waals surface area contributed by atoms with Crippen molar-refractivity contribution in [1.82, 2.24) is 5.32 Å². The predicted molar refractivity (Wildman–Crippen MR) is 82.1 cm³/mol. The Morgan fingerprint density at radius 2 is 1.87 bits per heavy atom. The number of alkyl carbamates (subject to hydrolysis) is 1. The van der Waals surface area contributed by atoms with Gasteiger partial charge in [0.2, 0.25) is 0 Å². The van der Waals surface area contributed by atoms with Crippen LogP contribution in [0.1, 0.15) is 58.2 Å². The minimum absolute atomic E-state index is 0.311. The van der Waals surface area contributed by atoms with E-state index in [0.29, 0.717) is 17.5 Å². The molecule has 1 aliphatic rings. The molecule has 2 N–H and O–H groups in total. The van der Waals surface area contributed by atoms with E-state index in [9.17, 15) is 18.7 Å². The number of aliphatic hydroxyl groups excluding tert-OH is 1. The summed E-state index contributed by atoms with van der Waals surface area (Å²) in [6.07, 6.45) is -1.32. The molecule has 0 saturated heterocycles. The lowest BCUT2D eigenvalue weighted by Crippen LogP contribution is -2.45. The van der Waals surface area contributed by atoms with Crippen molar-refractivity contribution in [2.75, 3.05) is 0 Å². The highest BCUT2D eigenvalue weighted by molar-refractivity contribution is 5.69. The third kappa shape index (κ3) is 3.80. The molecule has 1 aliphatic carbocycles. The first kappa shape index (κ1) is 17.7. The van der Waals surface area contributed by atoms with E-state index in [4.69, 9.17) is 4.74 Å². The summed E-state index contributed by atoms with van der Waals surface area (Å²) < 4.78 is 32.5. The summed E-state index contributed by atoms with van der Waals surface area (Å²) in [6.45, 7) is 8.84. The lowest BCUT2D eigenvalue weighted by Gasteiger charge is -2.40. The van der Waals surface area contributed by atoms with Gasteiger partial charge in [-0.05, 0) is 55.9 Å². The molecule has 0 aliphatic heterocycles. The molecule has 0 radical (unpaired) electrons. The van der Waals surface area contributed by atoms with Crippen molar-refractivity contribution in [3.8, 4) is 0 Å². The number of aliphatic hydroxyl groups is 1. The Balaban J connectivity index is 2.38. The minimum atomic E-state index is -1.01. The van der Waals surface area contributed by atoms with Crippen LogP contribution in [0.25, 0.3) is 0 Å². The zero-order valence-corrected chi connectivity index (χ0v) is 14.0. The molecule has 4 nitrogen and oxygen atoms in total. The Morgan fingerprint density at radius 1 is 1.30 bits per heavy atom. The first-order valence-electron chi connectivity index (χ1n) is 7.58. The van der Waals surface area contributed by atoms with Gasteiger partial charge in [-0.3, -0.25) is 0 Å². The highest BCUT2D eigenvalue weighted by Gasteiger charge is 2.40. The van der Waals surface area contributed by atoms with Crippen LogP contribution in [0.5, 0.6) is 0 Å². The number of rotatable bonds is 1. The van der Waals surface area contributed by atoms with Crippen LogP contribution in [0, 0.1) is 11.6 Å². The standard InChI is InChI=1S/C17H23F2NO3/c1-16(2,3)23-15(22)20-14-9-6-11(18)12(19)7-10(9)17(4,5)8-13(14)21/h6-7,13-14,21H,8H2,1-5H3,(H,20,22)/t13-,14-/m1/s1. The second-order valence-electron chi connectivity index (χ2n) is 7.63. The summed E-state index contributed by atoms with van der Waals surface area (Å²) in [5.74, 6) is -1.95. The number of nitrogens with one attached hydrogen (secondary N) is 1. The molecule has 1 aromatic rings. The van der Waals surface area contributed by atoms with Crippen molar-refractivity contribution in [1.29, 1.82) is 0 Å². The summed E-state index contributed by atoms with van der Waals surface area (Å²) in [5, 5.41) is 12.9. The maximum Gasteiger partial charge on any atom is 0.408 e. The second kappa shape index (κ2) is 5.74. The number of halogens is 2. The number of ether oxygens (including phenoxy) is 1. The van der Waals surface area contributed by atoms with Gasteiger partial charge in [0.1, 0.15) is 5.60 Å². The highest BCUT2D eigenvalue weighted by Crippen LogP contribution is 2.42. The van der Waals surface area contributed by atoms with Gasteiger partial charge >= 0.3 is 6.09 Å². The van der Waals surface area contributed by atoms with Crippen LogP contribution in [0.4, 0.5) is 13.6 Å². The summed E-state index contributed by atoms with van der Waals surface area (Å²) >= 11 is 0. The van der Waals surface area contributed by atoms with E-state index in [2.05, 4.69) is 5.32 Å². The van der Waals surface area contributed by atoms with Crippen molar-refractivity contribution in [2.24, 2.45) is 0 Å². The number of hydrogen-bond donors (Lipinski definition) is 2. The van der Waals surface area contributed by atoms with Gasteiger partial charge in [-0.15, -0.1) is 0 Å². The normalized spacial score (nSPS) is 23.1. The molecule has 23 heavy (non-hydrogen) atoms. The molecule has 0 heterocycles. The summed E-state index contributed by atoms with van der Waals surface area (Å²) in [7, 11) is 0. The molecule has 2 atom stereocenters. The fourth-order valence-corrected chi connectivity index (χ4v) is 2.97. The highest BCUT2D eigenvalue weighted by atomic mass is 19.2. The maximum atomic E-state index is 13.7. The Hall–Kier alpha value is -1.69. The molecular formula is C17H23F2NO3. The Bertz CT molecular complexity index is 623. The average Bonchev–Trinajstić information content (AvgIpc) is 2.34. The smallest absolute Gasteiger partial charge is 0.408 e. The largest absolute Gasteiger partial charge is 0.444 e. The fourth-order valence-electron chi connectivity index (χ4n) is 2.97. The van der Waals surface area contributed by atoms with Crippen LogP contribution in [0.2, 0.25) is 0 Å². The molecule has 0 saturated carbocycles. The molecule has 128 valence electrons. The number of hydrogen-bond acceptors (Lipinski definition) is 3. The number of benzene rings is 1. The molecule has 0 unspecified atom stereocenters. The van der Waals surface area contributed by atoms with Gasteiger partial charge in [-0.25, -0.2) is 13.6 Å². The summed E-state index contributed by atoms with van der Waals surface area (Å²) in [4.78, 5) is 12.0. The van der Waals surface area contributed by atoms with Gasteiger partial charge in [0.05, 0.1) is 12.1 Å². The molecule has 1 amide bonds. The molecule has 0 aromatic heterocycles. The van der Waals surface area contributed by atoms with E-state index >= 15 is 0 Å². The Morgan fingerprint density at radius 3 is 2.43 bits per heavy atom. The van der Waals surface area contributed by atoms with E-state index < -0.39 is 40.9 Å². The van der Waals surface area contributed by atoms with Crippen molar-refractivity contribution < 1.29 is 23.4 Å². The fraction of sp³-hybridized carbons (Fsp3) is 0.588. The average molecular weight is 327 g/mol. The zero-order valence-electron chi connectivity index (χ0n) is 14.0. The van der Waals surface area contributed by atoms with Crippen molar-refractivity contribution in [3.63, 3.8) is 0 Å².